The maximum absolute atomic E-state index is 13.2. The van der Waals surface area contributed by atoms with Crippen LogP contribution in [-0.2, 0) is 10.2 Å². The first-order chi connectivity index (χ1) is 12.8. The van der Waals surface area contributed by atoms with Crippen LogP contribution < -0.4 is 4.90 Å². The highest BCUT2D eigenvalue weighted by Gasteiger charge is 2.58. The number of halogens is 1. The van der Waals surface area contributed by atoms with Gasteiger partial charge in [-0.2, -0.15) is 5.26 Å². The van der Waals surface area contributed by atoms with Gasteiger partial charge in [0.15, 0.2) is 0 Å². The van der Waals surface area contributed by atoms with Crippen molar-refractivity contribution in [3.05, 3.63) is 22.4 Å². The van der Waals surface area contributed by atoms with Crippen LogP contribution in [-0.4, -0.2) is 40.5 Å². The highest BCUT2D eigenvalue weighted by atomic mass is 79.9. The summed E-state index contributed by atoms with van der Waals surface area (Å²) >= 11 is 3.50. The largest absolute Gasteiger partial charge is 0.306 e. The van der Waals surface area contributed by atoms with Gasteiger partial charge in [0.2, 0.25) is 5.91 Å². The monoisotopic (exact) mass is 428 g/mol. The molecule has 2 atom stereocenters. The van der Waals surface area contributed by atoms with Gasteiger partial charge >= 0.3 is 0 Å². The number of likely N-dealkylation sites (tertiary alicyclic amines) is 1. The van der Waals surface area contributed by atoms with Gasteiger partial charge in [0, 0.05) is 42.6 Å². The summed E-state index contributed by atoms with van der Waals surface area (Å²) in [5.41, 5.74) is 0.764. The van der Waals surface area contributed by atoms with Crippen LogP contribution >= 0.6 is 15.9 Å². The van der Waals surface area contributed by atoms with Gasteiger partial charge in [0.05, 0.1) is 22.9 Å². The summed E-state index contributed by atoms with van der Waals surface area (Å²) in [6.07, 6.45) is 7.23. The Labute approximate surface area is 168 Å². The quantitative estimate of drug-likeness (QED) is 0.721. The van der Waals surface area contributed by atoms with Crippen LogP contribution in [0.5, 0.6) is 0 Å². The number of amides is 1. The van der Waals surface area contributed by atoms with Gasteiger partial charge < -0.3 is 4.90 Å². The Balaban J connectivity index is 1.41. The van der Waals surface area contributed by atoms with E-state index in [1.807, 2.05) is 24.8 Å². The van der Waals surface area contributed by atoms with E-state index in [4.69, 9.17) is 0 Å². The van der Waals surface area contributed by atoms with Gasteiger partial charge in [-0.1, -0.05) is 0 Å². The lowest BCUT2D eigenvalue weighted by molar-refractivity contribution is -0.123. The third kappa shape index (κ3) is 2.44. The van der Waals surface area contributed by atoms with Crippen molar-refractivity contribution >= 4 is 27.5 Å². The molecule has 1 saturated heterocycles. The van der Waals surface area contributed by atoms with Crippen LogP contribution in [0.25, 0.3) is 0 Å². The summed E-state index contributed by atoms with van der Waals surface area (Å²) in [5.74, 6) is 1.64. The van der Waals surface area contributed by atoms with E-state index in [9.17, 15) is 10.1 Å². The zero-order chi connectivity index (χ0) is 19.0. The van der Waals surface area contributed by atoms with Crippen molar-refractivity contribution in [1.82, 2.24) is 9.88 Å². The van der Waals surface area contributed by atoms with Gasteiger partial charge in [0.25, 0.3) is 0 Å². The molecular formula is C21H25BrN4O. The Hall–Kier alpha value is -1.45. The van der Waals surface area contributed by atoms with E-state index in [1.165, 1.54) is 19.3 Å². The summed E-state index contributed by atoms with van der Waals surface area (Å²) < 4.78 is 0.884. The molecule has 1 aromatic rings. The van der Waals surface area contributed by atoms with E-state index in [0.29, 0.717) is 0 Å². The second kappa shape index (κ2) is 5.78. The molecule has 3 heterocycles. The normalized spacial score (nSPS) is 37.0. The van der Waals surface area contributed by atoms with Crippen LogP contribution in [0, 0.1) is 23.2 Å². The average Bonchev–Trinajstić information content (AvgIpc) is 3.03. The molecule has 4 aliphatic rings. The predicted octanol–water partition coefficient (Wildman–Crippen LogP) is 3.62. The molecule has 2 bridgehead atoms. The van der Waals surface area contributed by atoms with E-state index < -0.39 is 11.0 Å². The highest BCUT2D eigenvalue weighted by molar-refractivity contribution is 9.10. The number of carbonyl (C=O) groups excluding carboxylic acids is 1. The SMILES string of the molecule is CC1(C)C(=O)N(C2CC(C#N)(N3CC4CCC(C4)C3)C2)c2cc(Br)cnc21. The number of anilines is 1. The molecule has 1 amide bonds. The zero-order valence-electron chi connectivity index (χ0n) is 15.9. The molecule has 27 heavy (non-hydrogen) atoms. The third-order valence-corrected chi connectivity index (χ3v) is 7.81. The molecule has 0 spiro atoms. The number of nitriles is 1. The summed E-state index contributed by atoms with van der Waals surface area (Å²) in [5, 5.41) is 10.0. The number of fused-ring (bicyclic) bond motifs is 3. The minimum absolute atomic E-state index is 0.0911. The standard InChI is InChI=1S/C21H25BrN4O/c1-20(2)18-17(6-15(22)9-24-18)26(19(20)27)16-7-21(8-16,12-23)25-10-13-3-4-14(5-13)11-25/h6,9,13-14,16H,3-5,7-8,10-11H2,1-2H3. The molecule has 2 saturated carbocycles. The van der Waals surface area contributed by atoms with Crippen LogP contribution in [0.1, 0.15) is 51.6 Å². The first-order valence-electron chi connectivity index (χ1n) is 10.00. The van der Waals surface area contributed by atoms with Crippen molar-refractivity contribution < 1.29 is 4.79 Å². The van der Waals surface area contributed by atoms with E-state index in [-0.39, 0.29) is 11.9 Å². The molecular weight excluding hydrogens is 404 g/mol. The topological polar surface area (TPSA) is 60.2 Å². The van der Waals surface area contributed by atoms with Crippen LogP contribution in [0.3, 0.4) is 0 Å². The van der Waals surface area contributed by atoms with E-state index in [0.717, 1.165) is 53.6 Å². The first kappa shape index (κ1) is 17.6. The van der Waals surface area contributed by atoms with Crippen molar-refractivity contribution in [3.8, 4) is 6.07 Å². The van der Waals surface area contributed by atoms with Crippen molar-refractivity contribution in [2.75, 3.05) is 18.0 Å². The molecule has 0 radical (unpaired) electrons. The van der Waals surface area contributed by atoms with Crippen LogP contribution in [0.4, 0.5) is 5.69 Å². The summed E-state index contributed by atoms with van der Waals surface area (Å²) in [7, 11) is 0. The fraction of sp³-hybridized carbons (Fsp3) is 0.667. The second-order valence-corrected chi connectivity index (χ2v) is 10.4. The number of pyridine rings is 1. The lowest BCUT2D eigenvalue weighted by Crippen LogP contribution is -2.65. The minimum Gasteiger partial charge on any atom is -0.306 e. The van der Waals surface area contributed by atoms with E-state index in [1.54, 1.807) is 6.20 Å². The minimum atomic E-state index is -0.606. The molecule has 6 heteroatoms. The summed E-state index contributed by atoms with van der Waals surface area (Å²) in [4.78, 5) is 22.1. The molecule has 2 aliphatic heterocycles. The van der Waals surface area contributed by atoms with Gasteiger partial charge in [0.1, 0.15) is 5.54 Å². The van der Waals surface area contributed by atoms with Crippen molar-refractivity contribution in [3.63, 3.8) is 0 Å². The number of aromatic nitrogens is 1. The Kier molecular flexibility index (Phi) is 3.77. The van der Waals surface area contributed by atoms with Gasteiger partial charge in [-0.3, -0.25) is 14.7 Å². The summed E-state index contributed by atoms with van der Waals surface area (Å²) in [6, 6.07) is 4.73. The van der Waals surface area contributed by atoms with Crippen LogP contribution in [0.15, 0.2) is 16.7 Å². The van der Waals surface area contributed by atoms with Gasteiger partial charge in [-0.05, 0) is 66.9 Å². The number of piperidine rings is 1. The fourth-order valence-corrected chi connectivity index (χ4v) is 6.17. The molecule has 1 aromatic heterocycles. The summed E-state index contributed by atoms with van der Waals surface area (Å²) in [6.45, 7) is 6.01. The Morgan fingerprint density at radius 3 is 2.56 bits per heavy atom. The average molecular weight is 429 g/mol. The molecule has 3 fully saturated rings. The predicted molar refractivity (Wildman–Crippen MR) is 106 cm³/mol. The fourth-order valence-electron chi connectivity index (χ4n) is 5.85. The number of nitrogens with zero attached hydrogens (tertiary/aromatic N) is 4. The Morgan fingerprint density at radius 2 is 1.93 bits per heavy atom. The van der Waals surface area contributed by atoms with Gasteiger partial charge in [-0.15, -0.1) is 0 Å². The molecule has 5 rings (SSSR count). The van der Waals surface area contributed by atoms with Crippen molar-refractivity contribution in [2.45, 2.75) is 62.9 Å². The maximum atomic E-state index is 13.2. The molecule has 0 N–H and O–H groups in total. The first-order valence-corrected chi connectivity index (χ1v) is 10.8. The third-order valence-electron chi connectivity index (χ3n) is 7.37. The lowest BCUT2D eigenvalue weighted by Gasteiger charge is -2.54. The molecule has 0 aromatic carbocycles. The molecule has 2 unspecified atom stereocenters. The molecule has 142 valence electrons. The van der Waals surface area contributed by atoms with Gasteiger partial charge in [-0.25, -0.2) is 0 Å². The number of carbonyl (C=O) groups is 1. The lowest BCUT2D eigenvalue weighted by atomic mass is 9.70. The number of hydrogen-bond donors (Lipinski definition) is 0. The van der Waals surface area contributed by atoms with Crippen molar-refractivity contribution in [1.29, 1.82) is 5.26 Å². The maximum Gasteiger partial charge on any atom is 0.239 e. The molecule has 5 nitrogen and oxygen atoms in total. The Morgan fingerprint density at radius 1 is 1.26 bits per heavy atom. The molecule has 2 aliphatic carbocycles. The van der Waals surface area contributed by atoms with Crippen molar-refractivity contribution in [2.24, 2.45) is 11.8 Å². The van der Waals surface area contributed by atoms with E-state index >= 15 is 0 Å². The smallest absolute Gasteiger partial charge is 0.239 e. The van der Waals surface area contributed by atoms with E-state index in [2.05, 4.69) is 31.9 Å². The number of hydrogen-bond acceptors (Lipinski definition) is 4. The second-order valence-electron chi connectivity index (χ2n) is 9.48. The Bertz CT molecular complexity index is 842. The van der Waals surface area contributed by atoms with Crippen LogP contribution in [0.2, 0.25) is 0 Å². The highest BCUT2D eigenvalue weighted by Crippen LogP contribution is 2.51. The number of rotatable bonds is 2. The zero-order valence-corrected chi connectivity index (χ0v) is 17.5.